The molecule has 0 spiro atoms. The monoisotopic (exact) mass is 360 g/mol. The summed E-state index contributed by atoms with van der Waals surface area (Å²) in [6.45, 7) is 2.57. The second kappa shape index (κ2) is 9.04. The van der Waals surface area contributed by atoms with Crippen molar-refractivity contribution < 1.29 is 19.1 Å². The number of carbonyl (C=O) groups is 2. The summed E-state index contributed by atoms with van der Waals surface area (Å²) in [6, 6.07) is 3.31. The molecular formula is C18H24N4O4. The molecule has 0 aromatic carbocycles. The van der Waals surface area contributed by atoms with E-state index < -0.39 is 0 Å². The molecule has 1 heterocycles. The molecule has 26 heavy (non-hydrogen) atoms. The summed E-state index contributed by atoms with van der Waals surface area (Å²) in [4.78, 5) is 28.0. The Balaban J connectivity index is 1.94. The zero-order valence-corrected chi connectivity index (χ0v) is 15.1. The number of nitriles is 1. The van der Waals surface area contributed by atoms with Gasteiger partial charge in [0.15, 0.2) is 0 Å². The Morgan fingerprint density at radius 3 is 2.65 bits per heavy atom. The van der Waals surface area contributed by atoms with Crippen molar-refractivity contribution in [3.05, 3.63) is 17.3 Å². The Labute approximate surface area is 152 Å². The topological polar surface area (TPSA) is 127 Å². The summed E-state index contributed by atoms with van der Waals surface area (Å²) in [5.74, 6) is -0.188. The van der Waals surface area contributed by atoms with Crippen LogP contribution in [0.5, 0.6) is 5.88 Å². The third-order valence-corrected chi connectivity index (χ3v) is 4.57. The number of esters is 1. The molecule has 8 nitrogen and oxygen atoms in total. The maximum Gasteiger partial charge on any atom is 0.308 e. The first-order valence-corrected chi connectivity index (χ1v) is 8.69. The number of carbonyl (C=O) groups excluding carboxylic acids is 2. The van der Waals surface area contributed by atoms with Crippen molar-refractivity contribution in [2.45, 2.75) is 32.6 Å². The van der Waals surface area contributed by atoms with E-state index in [4.69, 9.17) is 20.5 Å². The van der Waals surface area contributed by atoms with Gasteiger partial charge < -0.3 is 20.5 Å². The van der Waals surface area contributed by atoms with Gasteiger partial charge in [0, 0.05) is 6.54 Å². The normalized spacial score (nSPS) is 19.3. The van der Waals surface area contributed by atoms with E-state index in [9.17, 15) is 9.59 Å². The smallest absolute Gasteiger partial charge is 0.308 e. The Bertz CT molecular complexity index is 706. The molecule has 1 aromatic heterocycles. The van der Waals surface area contributed by atoms with Gasteiger partial charge in [-0.1, -0.05) is 0 Å². The molecule has 1 aliphatic carbocycles. The number of aromatic nitrogens is 1. The minimum atomic E-state index is -0.364. The van der Waals surface area contributed by atoms with Crippen LogP contribution in [0.15, 0.2) is 6.07 Å². The molecule has 1 fully saturated rings. The van der Waals surface area contributed by atoms with Crippen molar-refractivity contribution in [2.75, 3.05) is 26.0 Å². The zero-order valence-electron chi connectivity index (χ0n) is 15.1. The third kappa shape index (κ3) is 4.63. The van der Waals surface area contributed by atoms with Gasteiger partial charge in [0.25, 0.3) is 5.91 Å². The van der Waals surface area contributed by atoms with Crippen LogP contribution in [-0.4, -0.2) is 37.1 Å². The minimum Gasteiger partial charge on any atom is -0.477 e. The van der Waals surface area contributed by atoms with Crippen LogP contribution in [0.1, 0.15) is 48.7 Å². The van der Waals surface area contributed by atoms with Crippen LogP contribution in [0.2, 0.25) is 0 Å². The highest BCUT2D eigenvalue weighted by Crippen LogP contribution is 2.29. The van der Waals surface area contributed by atoms with Crippen LogP contribution in [0, 0.1) is 23.2 Å². The number of pyridine rings is 1. The van der Waals surface area contributed by atoms with E-state index in [0.29, 0.717) is 19.1 Å². The van der Waals surface area contributed by atoms with E-state index in [0.717, 1.165) is 25.7 Å². The minimum absolute atomic E-state index is 0.0410. The number of methoxy groups -OCH3 is 1. The summed E-state index contributed by atoms with van der Waals surface area (Å²) in [5.41, 5.74) is 6.24. The number of amides is 1. The summed E-state index contributed by atoms with van der Waals surface area (Å²) >= 11 is 0. The van der Waals surface area contributed by atoms with Crippen LogP contribution in [0.4, 0.5) is 5.69 Å². The van der Waals surface area contributed by atoms with Crippen molar-refractivity contribution in [3.8, 4) is 11.9 Å². The van der Waals surface area contributed by atoms with Crippen LogP contribution in [0.3, 0.4) is 0 Å². The van der Waals surface area contributed by atoms with E-state index in [1.54, 1.807) is 6.92 Å². The highest BCUT2D eigenvalue weighted by Gasteiger charge is 2.27. The van der Waals surface area contributed by atoms with Gasteiger partial charge in [0.05, 0.1) is 25.3 Å². The first-order valence-electron chi connectivity index (χ1n) is 8.69. The number of nitrogen functional groups attached to an aromatic ring is 1. The number of nitrogens with two attached hydrogens (primary N) is 1. The van der Waals surface area contributed by atoms with Crippen LogP contribution in [0.25, 0.3) is 0 Å². The lowest BCUT2D eigenvalue weighted by Crippen LogP contribution is -2.33. The van der Waals surface area contributed by atoms with Crippen molar-refractivity contribution in [1.29, 1.82) is 5.26 Å². The average Bonchev–Trinajstić information content (AvgIpc) is 2.66. The third-order valence-electron chi connectivity index (χ3n) is 4.57. The number of ether oxygens (including phenoxy) is 2. The quantitative estimate of drug-likeness (QED) is 0.738. The van der Waals surface area contributed by atoms with Gasteiger partial charge in [0.2, 0.25) is 5.88 Å². The molecule has 8 heteroatoms. The van der Waals surface area contributed by atoms with Gasteiger partial charge in [0.1, 0.15) is 17.3 Å². The molecule has 0 radical (unpaired) electrons. The largest absolute Gasteiger partial charge is 0.477 e. The van der Waals surface area contributed by atoms with E-state index in [1.165, 1.54) is 13.2 Å². The van der Waals surface area contributed by atoms with Crippen molar-refractivity contribution >= 4 is 17.6 Å². The van der Waals surface area contributed by atoms with Gasteiger partial charge in [-0.05, 0) is 44.6 Å². The van der Waals surface area contributed by atoms with Gasteiger partial charge in [-0.15, -0.1) is 0 Å². The Morgan fingerprint density at radius 1 is 1.38 bits per heavy atom. The SMILES string of the molecule is CCOc1nc(C(=O)NC[C@H]2CC[C@H](C(=O)OC)CC2)cc(N)c1C#N. The van der Waals surface area contributed by atoms with Gasteiger partial charge in [-0.25, -0.2) is 4.98 Å². The molecule has 2 rings (SSSR count). The summed E-state index contributed by atoms with van der Waals surface area (Å²) in [5, 5.41) is 12.0. The van der Waals surface area contributed by atoms with Crippen LogP contribution in [-0.2, 0) is 9.53 Å². The molecule has 3 N–H and O–H groups in total. The molecule has 0 saturated heterocycles. The molecule has 0 atom stereocenters. The average molecular weight is 360 g/mol. The molecular weight excluding hydrogens is 336 g/mol. The lowest BCUT2D eigenvalue weighted by Gasteiger charge is -2.26. The fraction of sp³-hybridized carbons (Fsp3) is 0.556. The lowest BCUT2D eigenvalue weighted by atomic mass is 9.82. The molecule has 0 bridgehead atoms. The van der Waals surface area contributed by atoms with E-state index >= 15 is 0 Å². The first kappa shape index (κ1) is 19.5. The number of rotatable bonds is 6. The number of nitrogens with zero attached hydrogens (tertiary/aromatic N) is 2. The van der Waals surface area contributed by atoms with E-state index in [2.05, 4.69) is 10.3 Å². The van der Waals surface area contributed by atoms with Crippen molar-refractivity contribution in [2.24, 2.45) is 11.8 Å². The second-order valence-electron chi connectivity index (χ2n) is 6.27. The molecule has 1 aliphatic rings. The molecule has 0 unspecified atom stereocenters. The number of anilines is 1. The first-order chi connectivity index (χ1) is 12.5. The summed E-state index contributed by atoms with van der Waals surface area (Å²) < 4.78 is 10.1. The molecule has 1 amide bonds. The summed E-state index contributed by atoms with van der Waals surface area (Å²) in [7, 11) is 1.40. The van der Waals surface area contributed by atoms with E-state index in [1.807, 2.05) is 6.07 Å². The van der Waals surface area contributed by atoms with Gasteiger partial charge >= 0.3 is 5.97 Å². The van der Waals surface area contributed by atoms with Gasteiger partial charge in [-0.3, -0.25) is 9.59 Å². The highest BCUT2D eigenvalue weighted by molar-refractivity contribution is 5.93. The Hall–Kier alpha value is -2.82. The second-order valence-corrected chi connectivity index (χ2v) is 6.27. The Kier molecular flexibility index (Phi) is 6.78. The highest BCUT2D eigenvalue weighted by atomic mass is 16.5. The number of hydrogen-bond donors (Lipinski definition) is 2. The molecule has 1 aromatic rings. The summed E-state index contributed by atoms with van der Waals surface area (Å²) in [6.07, 6.45) is 3.24. The van der Waals surface area contributed by atoms with E-state index in [-0.39, 0.29) is 40.6 Å². The van der Waals surface area contributed by atoms with Gasteiger partial charge in [-0.2, -0.15) is 5.26 Å². The standard InChI is InChI=1S/C18H24N4O4/c1-3-26-17-13(9-19)14(20)8-15(22-17)16(23)21-10-11-4-6-12(7-5-11)18(24)25-2/h8,11-12H,3-7,10H2,1-2H3,(H2,20,22)(H,21,23)/t11-,12-. The fourth-order valence-electron chi connectivity index (χ4n) is 3.11. The van der Waals surface area contributed by atoms with Crippen molar-refractivity contribution in [1.82, 2.24) is 10.3 Å². The zero-order chi connectivity index (χ0) is 19.1. The fourth-order valence-corrected chi connectivity index (χ4v) is 3.11. The number of hydrogen-bond acceptors (Lipinski definition) is 7. The molecule has 1 saturated carbocycles. The molecule has 0 aliphatic heterocycles. The molecule has 140 valence electrons. The van der Waals surface area contributed by atoms with Crippen LogP contribution >= 0.6 is 0 Å². The lowest BCUT2D eigenvalue weighted by molar-refractivity contribution is -0.146. The van der Waals surface area contributed by atoms with Crippen molar-refractivity contribution in [3.63, 3.8) is 0 Å². The Morgan fingerprint density at radius 2 is 2.08 bits per heavy atom. The maximum atomic E-state index is 12.4. The maximum absolute atomic E-state index is 12.4. The predicted octanol–water partition coefficient (Wildman–Crippen LogP) is 1.64. The van der Waals surface area contributed by atoms with Crippen LogP contribution < -0.4 is 15.8 Å². The number of nitrogens with one attached hydrogen (secondary N) is 1. The predicted molar refractivity (Wildman–Crippen MR) is 94.3 cm³/mol.